The summed E-state index contributed by atoms with van der Waals surface area (Å²) >= 11 is 11.0. The summed E-state index contributed by atoms with van der Waals surface area (Å²) in [5.74, 6) is 0.629. The maximum absolute atomic E-state index is 11.8. The zero-order valence-corrected chi connectivity index (χ0v) is 16.1. The molecular formula is C19H22ClN3O2S. The van der Waals surface area contributed by atoms with Gasteiger partial charge in [0.2, 0.25) is 5.91 Å². The molecule has 0 heterocycles. The van der Waals surface area contributed by atoms with E-state index in [0.717, 1.165) is 16.9 Å². The second-order valence-corrected chi connectivity index (χ2v) is 6.55. The highest BCUT2D eigenvalue weighted by molar-refractivity contribution is 7.80. The van der Waals surface area contributed by atoms with E-state index in [2.05, 4.69) is 16.2 Å². The summed E-state index contributed by atoms with van der Waals surface area (Å²) in [6.45, 7) is 2.98. The maximum Gasteiger partial charge on any atom is 0.238 e. The summed E-state index contributed by atoms with van der Waals surface area (Å²) in [6.07, 6.45) is 0.931. The third-order valence-corrected chi connectivity index (χ3v) is 4.04. The first-order chi connectivity index (χ1) is 12.5. The molecule has 0 aromatic heterocycles. The summed E-state index contributed by atoms with van der Waals surface area (Å²) in [4.78, 5) is 11.8. The Balaban J connectivity index is 1.57. The molecule has 2 aromatic carbocycles. The van der Waals surface area contributed by atoms with Crippen LogP contribution in [0.25, 0.3) is 0 Å². The lowest BCUT2D eigenvalue weighted by Crippen LogP contribution is -2.46. The molecule has 0 aliphatic rings. The van der Waals surface area contributed by atoms with Crippen molar-refractivity contribution in [3.63, 3.8) is 0 Å². The SMILES string of the molecule is Cc1cc(Cl)ccc1OCCCC(=O)NNC(=S)NCc1ccccc1. The number of benzene rings is 2. The minimum Gasteiger partial charge on any atom is -0.493 e. The number of nitrogens with one attached hydrogen (secondary N) is 3. The van der Waals surface area contributed by atoms with Crippen molar-refractivity contribution >= 4 is 34.8 Å². The van der Waals surface area contributed by atoms with Gasteiger partial charge >= 0.3 is 0 Å². The summed E-state index contributed by atoms with van der Waals surface area (Å²) in [5.41, 5.74) is 7.34. The molecule has 0 aliphatic heterocycles. The Hall–Kier alpha value is -2.31. The van der Waals surface area contributed by atoms with Crippen LogP contribution in [0.1, 0.15) is 24.0 Å². The number of hydrogen-bond donors (Lipinski definition) is 3. The Morgan fingerprint density at radius 2 is 1.92 bits per heavy atom. The summed E-state index contributed by atoms with van der Waals surface area (Å²) < 4.78 is 5.66. The number of aryl methyl sites for hydroxylation is 1. The van der Waals surface area contributed by atoms with Gasteiger partial charge < -0.3 is 10.1 Å². The van der Waals surface area contributed by atoms with E-state index in [1.807, 2.05) is 49.4 Å². The Morgan fingerprint density at radius 1 is 1.15 bits per heavy atom. The number of amides is 1. The number of thiocarbonyl (C=S) groups is 1. The molecule has 26 heavy (non-hydrogen) atoms. The van der Waals surface area contributed by atoms with Crippen LogP contribution in [0.2, 0.25) is 5.02 Å². The van der Waals surface area contributed by atoms with Gasteiger partial charge in [-0.3, -0.25) is 15.6 Å². The lowest BCUT2D eigenvalue weighted by atomic mass is 10.2. The van der Waals surface area contributed by atoms with Crippen LogP contribution in [0.4, 0.5) is 0 Å². The van der Waals surface area contributed by atoms with Crippen LogP contribution in [-0.4, -0.2) is 17.6 Å². The number of rotatable bonds is 7. The molecule has 3 N–H and O–H groups in total. The van der Waals surface area contributed by atoms with Crippen molar-refractivity contribution in [3.8, 4) is 5.75 Å². The van der Waals surface area contributed by atoms with Crippen LogP contribution in [0.15, 0.2) is 48.5 Å². The molecule has 0 saturated heterocycles. The number of hydrogen-bond acceptors (Lipinski definition) is 3. The van der Waals surface area contributed by atoms with Crippen LogP contribution >= 0.6 is 23.8 Å². The summed E-state index contributed by atoms with van der Waals surface area (Å²) in [5, 5.41) is 4.07. The van der Waals surface area contributed by atoms with Gasteiger partial charge in [0.05, 0.1) is 6.61 Å². The molecule has 0 saturated carbocycles. The molecule has 0 bridgehead atoms. The fourth-order valence-electron chi connectivity index (χ4n) is 2.20. The summed E-state index contributed by atoms with van der Waals surface area (Å²) in [7, 11) is 0. The fourth-order valence-corrected chi connectivity index (χ4v) is 2.55. The first-order valence-electron chi connectivity index (χ1n) is 8.30. The van der Waals surface area contributed by atoms with E-state index >= 15 is 0 Å². The molecule has 0 unspecified atom stereocenters. The maximum atomic E-state index is 11.8. The second-order valence-electron chi connectivity index (χ2n) is 5.70. The highest BCUT2D eigenvalue weighted by atomic mass is 35.5. The standard InChI is InChI=1S/C19H22ClN3O2S/c1-14-12-16(20)9-10-17(14)25-11-5-8-18(24)22-23-19(26)21-13-15-6-3-2-4-7-15/h2-4,6-7,9-10,12H,5,8,11,13H2,1H3,(H,22,24)(H2,21,23,26). The number of ether oxygens (including phenoxy) is 1. The minimum atomic E-state index is -0.148. The molecule has 0 atom stereocenters. The van der Waals surface area contributed by atoms with E-state index in [1.54, 1.807) is 6.07 Å². The van der Waals surface area contributed by atoms with Gasteiger partial charge in [-0.15, -0.1) is 0 Å². The van der Waals surface area contributed by atoms with Gasteiger partial charge in [-0.25, -0.2) is 0 Å². The van der Waals surface area contributed by atoms with Crippen LogP contribution in [0, 0.1) is 6.92 Å². The van der Waals surface area contributed by atoms with Crippen LogP contribution in [-0.2, 0) is 11.3 Å². The van der Waals surface area contributed by atoms with E-state index in [9.17, 15) is 4.79 Å². The largest absolute Gasteiger partial charge is 0.493 e. The zero-order valence-electron chi connectivity index (χ0n) is 14.5. The van der Waals surface area contributed by atoms with Gasteiger partial charge in [0.15, 0.2) is 5.11 Å². The first kappa shape index (κ1) is 20.0. The van der Waals surface area contributed by atoms with Gasteiger partial charge in [0, 0.05) is 18.0 Å². The average Bonchev–Trinajstić information content (AvgIpc) is 2.64. The third-order valence-electron chi connectivity index (χ3n) is 3.55. The molecule has 0 fully saturated rings. The lowest BCUT2D eigenvalue weighted by Gasteiger charge is -2.12. The quantitative estimate of drug-likeness (QED) is 0.383. The molecule has 138 valence electrons. The van der Waals surface area contributed by atoms with Crippen molar-refractivity contribution in [1.82, 2.24) is 16.2 Å². The van der Waals surface area contributed by atoms with Crippen LogP contribution in [0.3, 0.4) is 0 Å². The van der Waals surface area contributed by atoms with Crippen molar-refractivity contribution in [2.75, 3.05) is 6.61 Å². The van der Waals surface area contributed by atoms with E-state index in [0.29, 0.717) is 36.1 Å². The first-order valence-corrected chi connectivity index (χ1v) is 9.09. The normalized spacial score (nSPS) is 10.1. The number of carbonyl (C=O) groups is 1. The monoisotopic (exact) mass is 391 g/mol. The summed E-state index contributed by atoms with van der Waals surface area (Å²) in [6, 6.07) is 15.3. The van der Waals surface area contributed by atoms with Crippen molar-refractivity contribution < 1.29 is 9.53 Å². The highest BCUT2D eigenvalue weighted by Crippen LogP contribution is 2.21. The Bertz CT molecular complexity index is 741. The lowest BCUT2D eigenvalue weighted by molar-refractivity contribution is -0.121. The van der Waals surface area contributed by atoms with Crippen molar-refractivity contribution in [1.29, 1.82) is 0 Å². The van der Waals surface area contributed by atoms with Gasteiger partial charge in [-0.2, -0.15) is 0 Å². The van der Waals surface area contributed by atoms with Crippen LogP contribution in [0.5, 0.6) is 5.75 Å². The van der Waals surface area contributed by atoms with Gasteiger partial charge in [0.1, 0.15) is 5.75 Å². The molecule has 7 heteroatoms. The topological polar surface area (TPSA) is 62.4 Å². The van der Waals surface area contributed by atoms with E-state index in [-0.39, 0.29) is 5.91 Å². The second kappa shape index (κ2) is 10.6. The van der Waals surface area contributed by atoms with Crippen molar-refractivity contribution in [2.45, 2.75) is 26.3 Å². The molecule has 0 spiro atoms. The smallest absolute Gasteiger partial charge is 0.238 e. The zero-order chi connectivity index (χ0) is 18.8. The van der Waals surface area contributed by atoms with Gasteiger partial charge in [-0.1, -0.05) is 41.9 Å². The van der Waals surface area contributed by atoms with Crippen molar-refractivity contribution in [3.05, 3.63) is 64.7 Å². The molecule has 2 aromatic rings. The third kappa shape index (κ3) is 7.29. The molecule has 0 radical (unpaired) electrons. The molecule has 2 rings (SSSR count). The number of halogens is 1. The average molecular weight is 392 g/mol. The van der Waals surface area contributed by atoms with Crippen molar-refractivity contribution in [2.24, 2.45) is 0 Å². The van der Waals surface area contributed by atoms with Gasteiger partial charge in [0.25, 0.3) is 0 Å². The minimum absolute atomic E-state index is 0.148. The van der Waals surface area contributed by atoms with E-state index in [1.165, 1.54) is 0 Å². The Kier molecular flexibility index (Phi) is 8.18. The van der Waals surface area contributed by atoms with E-state index in [4.69, 9.17) is 28.6 Å². The predicted molar refractivity (Wildman–Crippen MR) is 108 cm³/mol. The Morgan fingerprint density at radius 3 is 2.65 bits per heavy atom. The van der Waals surface area contributed by atoms with E-state index < -0.39 is 0 Å². The molecule has 1 amide bonds. The molecule has 0 aliphatic carbocycles. The predicted octanol–water partition coefficient (Wildman–Crippen LogP) is 3.50. The molecule has 5 nitrogen and oxygen atoms in total. The number of hydrazine groups is 1. The van der Waals surface area contributed by atoms with Crippen LogP contribution < -0.4 is 20.9 Å². The van der Waals surface area contributed by atoms with Gasteiger partial charge in [-0.05, 0) is 54.9 Å². The fraction of sp³-hybridized carbons (Fsp3) is 0.263. The highest BCUT2D eigenvalue weighted by Gasteiger charge is 2.04. The molecular weight excluding hydrogens is 370 g/mol. The number of carbonyl (C=O) groups excluding carboxylic acids is 1. The Labute approximate surface area is 164 Å².